The second-order valence-corrected chi connectivity index (χ2v) is 7.26. The normalized spacial score (nSPS) is 14.6. The first-order valence-corrected chi connectivity index (χ1v) is 10.2. The number of nitrogens with zero attached hydrogens (tertiary/aromatic N) is 2. The van der Waals surface area contributed by atoms with Crippen LogP contribution in [-0.2, 0) is 4.74 Å². The fraction of sp³-hybridized carbons (Fsp3) is 0.304. The second-order valence-electron chi connectivity index (χ2n) is 7.26. The van der Waals surface area contributed by atoms with E-state index in [0.717, 1.165) is 50.5 Å². The summed E-state index contributed by atoms with van der Waals surface area (Å²) in [6.07, 6.45) is 2.77. The number of rotatable bonds is 7. The number of amides is 1. The lowest BCUT2D eigenvalue weighted by Gasteiger charge is -2.23. The van der Waals surface area contributed by atoms with Gasteiger partial charge in [0.15, 0.2) is 0 Å². The summed E-state index contributed by atoms with van der Waals surface area (Å²) >= 11 is 0. The van der Waals surface area contributed by atoms with E-state index in [9.17, 15) is 4.79 Å². The van der Waals surface area contributed by atoms with E-state index in [-0.39, 0.29) is 5.91 Å². The van der Waals surface area contributed by atoms with Gasteiger partial charge < -0.3 is 15.0 Å². The molecular formula is C23H27N4O2+. The maximum atomic E-state index is 12.9. The largest absolute Gasteiger partial charge is 0.370 e. The van der Waals surface area contributed by atoms with Crippen molar-refractivity contribution in [1.82, 2.24) is 15.1 Å². The van der Waals surface area contributed by atoms with E-state index in [1.54, 1.807) is 9.58 Å². The first kappa shape index (κ1) is 19.4. The smallest absolute Gasteiger partial charge is 0.255 e. The van der Waals surface area contributed by atoms with Gasteiger partial charge in [0.25, 0.3) is 5.91 Å². The SMILES string of the molecule is O=C(NCCC[NH+]1CCOCC1)c1cn(-c2ccccc2)nc1-c1ccccc1. The fourth-order valence-corrected chi connectivity index (χ4v) is 3.61. The molecule has 1 aliphatic rings. The summed E-state index contributed by atoms with van der Waals surface area (Å²) in [6.45, 7) is 5.49. The fourth-order valence-electron chi connectivity index (χ4n) is 3.61. The lowest BCUT2D eigenvalue weighted by molar-refractivity contribution is -0.908. The van der Waals surface area contributed by atoms with Gasteiger partial charge in [-0.3, -0.25) is 4.79 Å². The Bertz CT molecular complexity index is 919. The quantitative estimate of drug-likeness (QED) is 0.601. The number of ether oxygens (including phenoxy) is 1. The molecule has 1 amide bonds. The number of carbonyl (C=O) groups is 1. The van der Waals surface area contributed by atoms with Crippen LogP contribution < -0.4 is 10.2 Å². The molecule has 0 spiro atoms. The summed E-state index contributed by atoms with van der Waals surface area (Å²) < 4.78 is 7.17. The summed E-state index contributed by atoms with van der Waals surface area (Å²) in [5.41, 5.74) is 3.16. The number of carbonyl (C=O) groups excluding carboxylic acids is 1. The Kier molecular flexibility index (Phi) is 6.34. The lowest BCUT2D eigenvalue weighted by atomic mass is 10.1. The van der Waals surface area contributed by atoms with Crippen molar-refractivity contribution in [1.29, 1.82) is 0 Å². The number of hydrogen-bond acceptors (Lipinski definition) is 3. The van der Waals surface area contributed by atoms with E-state index < -0.39 is 0 Å². The van der Waals surface area contributed by atoms with Gasteiger partial charge in [-0.15, -0.1) is 0 Å². The molecule has 1 aromatic heterocycles. The van der Waals surface area contributed by atoms with Crippen LogP contribution in [0.4, 0.5) is 0 Å². The third kappa shape index (κ3) is 4.91. The highest BCUT2D eigenvalue weighted by atomic mass is 16.5. The highest BCUT2D eigenvalue weighted by Gasteiger charge is 2.19. The molecule has 3 aromatic rings. The zero-order chi connectivity index (χ0) is 19.9. The van der Waals surface area contributed by atoms with E-state index in [1.807, 2.05) is 66.9 Å². The molecule has 29 heavy (non-hydrogen) atoms. The molecule has 1 saturated heterocycles. The lowest BCUT2D eigenvalue weighted by Crippen LogP contribution is -3.14. The minimum atomic E-state index is -0.0805. The van der Waals surface area contributed by atoms with Gasteiger partial charge in [0.05, 0.1) is 31.0 Å². The van der Waals surface area contributed by atoms with Crippen LogP contribution in [0, 0.1) is 0 Å². The van der Waals surface area contributed by atoms with Gasteiger partial charge in [0.1, 0.15) is 18.8 Å². The van der Waals surface area contributed by atoms with E-state index in [0.29, 0.717) is 17.8 Å². The third-order valence-electron chi connectivity index (χ3n) is 5.22. The van der Waals surface area contributed by atoms with E-state index in [2.05, 4.69) is 5.32 Å². The molecular weight excluding hydrogens is 364 g/mol. The molecule has 4 rings (SSSR count). The van der Waals surface area contributed by atoms with Gasteiger partial charge in [-0.25, -0.2) is 4.68 Å². The van der Waals surface area contributed by atoms with Gasteiger partial charge in [-0.1, -0.05) is 48.5 Å². The zero-order valence-corrected chi connectivity index (χ0v) is 16.5. The first-order chi connectivity index (χ1) is 14.3. The van der Waals surface area contributed by atoms with Gasteiger partial charge in [-0.2, -0.15) is 5.10 Å². The predicted molar refractivity (Wildman–Crippen MR) is 112 cm³/mol. The molecule has 1 aliphatic heterocycles. The standard InChI is InChI=1S/C23H26N4O2/c28-23(24-12-7-13-26-14-16-29-17-15-26)21-18-27(20-10-5-2-6-11-20)25-22(21)19-8-3-1-4-9-19/h1-6,8-11,18H,7,12-17H2,(H,24,28)/p+1. The van der Waals surface area contributed by atoms with Crippen molar-refractivity contribution >= 4 is 5.91 Å². The number of hydrogen-bond donors (Lipinski definition) is 2. The summed E-state index contributed by atoms with van der Waals surface area (Å²) in [4.78, 5) is 14.5. The monoisotopic (exact) mass is 391 g/mol. The van der Waals surface area contributed by atoms with E-state index in [4.69, 9.17) is 9.84 Å². The Labute approximate surface area is 171 Å². The second kappa shape index (κ2) is 9.49. The first-order valence-electron chi connectivity index (χ1n) is 10.2. The Morgan fingerprint density at radius 1 is 1.03 bits per heavy atom. The average molecular weight is 391 g/mol. The van der Waals surface area contributed by atoms with Crippen LogP contribution >= 0.6 is 0 Å². The molecule has 1 fully saturated rings. The molecule has 0 bridgehead atoms. The number of benzene rings is 2. The molecule has 0 atom stereocenters. The molecule has 150 valence electrons. The number of quaternary nitrogens is 1. The summed E-state index contributed by atoms with van der Waals surface area (Å²) in [5, 5.41) is 7.79. The predicted octanol–water partition coefficient (Wildman–Crippen LogP) is 1.57. The molecule has 2 heterocycles. The van der Waals surface area contributed by atoms with Crippen LogP contribution in [0.15, 0.2) is 66.9 Å². The Hall–Kier alpha value is -2.96. The van der Waals surface area contributed by atoms with Crippen LogP contribution in [0.25, 0.3) is 16.9 Å². The highest BCUT2D eigenvalue weighted by molar-refractivity contribution is 5.99. The number of nitrogens with one attached hydrogen (secondary N) is 2. The molecule has 0 saturated carbocycles. The topological polar surface area (TPSA) is 60.6 Å². The average Bonchev–Trinajstić information content (AvgIpc) is 3.24. The van der Waals surface area contributed by atoms with Crippen LogP contribution in [0.1, 0.15) is 16.8 Å². The number of morpholine rings is 1. The van der Waals surface area contributed by atoms with Crippen molar-refractivity contribution in [3.05, 3.63) is 72.4 Å². The molecule has 0 aliphatic carbocycles. The van der Waals surface area contributed by atoms with Crippen molar-refractivity contribution < 1.29 is 14.4 Å². The molecule has 0 unspecified atom stereocenters. The summed E-state index contributed by atoms with van der Waals surface area (Å²) in [6, 6.07) is 19.7. The summed E-state index contributed by atoms with van der Waals surface area (Å²) in [7, 11) is 0. The zero-order valence-electron chi connectivity index (χ0n) is 16.5. The number of para-hydroxylation sites is 1. The van der Waals surface area contributed by atoms with Gasteiger partial charge in [-0.05, 0) is 12.1 Å². The van der Waals surface area contributed by atoms with Crippen LogP contribution in [0.5, 0.6) is 0 Å². The van der Waals surface area contributed by atoms with Crippen molar-refractivity contribution in [3.63, 3.8) is 0 Å². The van der Waals surface area contributed by atoms with Crippen LogP contribution in [0.2, 0.25) is 0 Å². The molecule has 2 N–H and O–H groups in total. The molecule has 0 radical (unpaired) electrons. The highest BCUT2D eigenvalue weighted by Crippen LogP contribution is 2.23. The van der Waals surface area contributed by atoms with E-state index in [1.165, 1.54) is 0 Å². The van der Waals surface area contributed by atoms with Crippen LogP contribution in [-0.4, -0.2) is 55.1 Å². The number of aromatic nitrogens is 2. The minimum absolute atomic E-state index is 0.0805. The van der Waals surface area contributed by atoms with Gasteiger partial charge in [0, 0.05) is 24.7 Å². The minimum Gasteiger partial charge on any atom is -0.370 e. The Morgan fingerprint density at radius 2 is 1.72 bits per heavy atom. The van der Waals surface area contributed by atoms with Gasteiger partial charge >= 0.3 is 0 Å². The van der Waals surface area contributed by atoms with Crippen molar-refractivity contribution in [2.75, 3.05) is 39.4 Å². The third-order valence-corrected chi connectivity index (χ3v) is 5.22. The molecule has 2 aromatic carbocycles. The molecule has 6 heteroatoms. The van der Waals surface area contributed by atoms with Crippen molar-refractivity contribution in [2.45, 2.75) is 6.42 Å². The van der Waals surface area contributed by atoms with E-state index >= 15 is 0 Å². The maximum absolute atomic E-state index is 12.9. The summed E-state index contributed by atoms with van der Waals surface area (Å²) in [5.74, 6) is -0.0805. The Balaban J connectivity index is 1.47. The Morgan fingerprint density at radius 3 is 2.45 bits per heavy atom. The van der Waals surface area contributed by atoms with Crippen LogP contribution in [0.3, 0.4) is 0 Å². The van der Waals surface area contributed by atoms with Crippen molar-refractivity contribution in [2.24, 2.45) is 0 Å². The van der Waals surface area contributed by atoms with Crippen molar-refractivity contribution in [3.8, 4) is 16.9 Å². The molecule has 6 nitrogen and oxygen atoms in total. The maximum Gasteiger partial charge on any atom is 0.255 e. The van der Waals surface area contributed by atoms with Gasteiger partial charge in [0.2, 0.25) is 0 Å².